The molecule has 0 atom stereocenters. The van der Waals surface area contributed by atoms with Gasteiger partial charge in [0.05, 0.1) is 45.9 Å². The zero-order valence-corrected chi connectivity index (χ0v) is 18.3. The lowest BCUT2D eigenvalue weighted by Gasteiger charge is -2.17. The highest BCUT2D eigenvalue weighted by molar-refractivity contribution is 6.32. The number of carbonyl (C=O) groups excluding carboxylic acids is 1. The molecule has 162 valence electrons. The topological polar surface area (TPSA) is 105 Å². The van der Waals surface area contributed by atoms with Gasteiger partial charge in [0.2, 0.25) is 0 Å². The van der Waals surface area contributed by atoms with E-state index in [4.69, 9.17) is 22.1 Å². The molecule has 5 rings (SSSR count). The Morgan fingerprint density at radius 3 is 2.94 bits per heavy atom. The Morgan fingerprint density at radius 2 is 2.16 bits per heavy atom. The Balaban J connectivity index is 1.67. The molecule has 2 aromatic heterocycles. The van der Waals surface area contributed by atoms with Crippen LogP contribution in [0.2, 0.25) is 5.02 Å². The molecule has 3 aromatic rings. The van der Waals surface area contributed by atoms with Crippen molar-refractivity contribution in [2.45, 2.75) is 24.8 Å². The zero-order valence-electron chi connectivity index (χ0n) is 17.5. The molecule has 0 unspecified atom stereocenters. The average Bonchev–Trinajstić information content (AvgIpc) is 3.41. The van der Waals surface area contributed by atoms with Crippen molar-refractivity contribution >= 4 is 28.9 Å². The van der Waals surface area contributed by atoms with Crippen LogP contribution in [0.5, 0.6) is 5.75 Å². The van der Waals surface area contributed by atoms with Gasteiger partial charge in [0.15, 0.2) is 5.75 Å². The summed E-state index contributed by atoms with van der Waals surface area (Å²) in [7, 11) is 1.56. The van der Waals surface area contributed by atoms with E-state index in [-0.39, 0.29) is 5.91 Å². The van der Waals surface area contributed by atoms with Crippen LogP contribution in [-0.2, 0) is 6.42 Å². The molecule has 0 spiro atoms. The first-order valence-electron chi connectivity index (χ1n) is 10.4. The Bertz CT molecular complexity index is 1280. The molecule has 1 aromatic carbocycles. The van der Waals surface area contributed by atoms with Crippen LogP contribution in [0.1, 0.15) is 34.5 Å². The van der Waals surface area contributed by atoms with Crippen molar-refractivity contribution in [3.05, 3.63) is 58.5 Å². The first kappa shape index (κ1) is 20.4. The molecule has 3 heterocycles. The molecular formula is C24H22ClN5O2. The first-order valence-corrected chi connectivity index (χ1v) is 10.8. The molecule has 1 fully saturated rings. The van der Waals surface area contributed by atoms with Crippen molar-refractivity contribution in [1.29, 1.82) is 0 Å². The fourth-order valence-electron chi connectivity index (χ4n) is 3.82. The fraction of sp³-hybridized carbons (Fsp3) is 0.250. The molecule has 32 heavy (non-hydrogen) atoms. The number of anilines is 2. The van der Waals surface area contributed by atoms with Crippen molar-refractivity contribution in [1.82, 2.24) is 15.3 Å². The van der Waals surface area contributed by atoms with E-state index in [1.807, 2.05) is 18.2 Å². The van der Waals surface area contributed by atoms with E-state index in [9.17, 15) is 4.79 Å². The van der Waals surface area contributed by atoms with Gasteiger partial charge in [-0.05, 0) is 31.0 Å². The van der Waals surface area contributed by atoms with E-state index in [0.29, 0.717) is 40.7 Å². The molecule has 1 aliphatic carbocycles. The molecule has 1 amide bonds. The monoisotopic (exact) mass is 447 g/mol. The lowest BCUT2D eigenvalue weighted by molar-refractivity contribution is 0.0947. The molecule has 0 saturated heterocycles. The molecule has 5 N–H and O–H groups in total. The molecule has 8 heteroatoms. The minimum atomic E-state index is -0.406. The average molecular weight is 448 g/mol. The van der Waals surface area contributed by atoms with Gasteiger partial charge in [-0.25, -0.2) is 0 Å². The second-order valence-corrected chi connectivity index (χ2v) is 8.41. The SMILES string of the molecule is COc1c(Cl)cccc1Nc1c(-c2ccncc2C#CC2(N)CC2)[nH]c2c1C(=O)NCC2. The maximum absolute atomic E-state index is 12.8. The van der Waals surface area contributed by atoms with Crippen molar-refractivity contribution in [3.63, 3.8) is 0 Å². The van der Waals surface area contributed by atoms with E-state index >= 15 is 0 Å². The summed E-state index contributed by atoms with van der Waals surface area (Å²) in [6, 6.07) is 7.32. The number of fused-ring (bicyclic) bond motifs is 1. The second kappa shape index (κ2) is 7.90. The number of pyridine rings is 1. The normalized spacial score (nSPS) is 15.8. The van der Waals surface area contributed by atoms with Crippen molar-refractivity contribution in [2.24, 2.45) is 5.73 Å². The van der Waals surface area contributed by atoms with Crippen LogP contribution in [0, 0.1) is 11.8 Å². The predicted molar refractivity (Wildman–Crippen MR) is 124 cm³/mol. The Morgan fingerprint density at radius 1 is 1.31 bits per heavy atom. The van der Waals surface area contributed by atoms with Crippen LogP contribution in [0.15, 0.2) is 36.7 Å². The van der Waals surface area contributed by atoms with Gasteiger partial charge in [-0.15, -0.1) is 0 Å². The Kier molecular flexibility index (Phi) is 5.04. The summed E-state index contributed by atoms with van der Waals surface area (Å²) in [6.45, 7) is 0.574. The van der Waals surface area contributed by atoms with Crippen LogP contribution in [-0.4, -0.2) is 35.1 Å². The second-order valence-electron chi connectivity index (χ2n) is 8.01. The van der Waals surface area contributed by atoms with Crippen molar-refractivity contribution in [2.75, 3.05) is 19.0 Å². The molecule has 0 radical (unpaired) electrons. The number of halogens is 1. The van der Waals surface area contributed by atoms with Gasteiger partial charge < -0.3 is 26.1 Å². The standard InChI is InChI=1S/C24H22ClN5O2/c1-32-22-16(25)3-2-4-18(22)30-21-19-17(7-12-28-23(19)31)29-20(21)15-6-11-27-13-14(15)5-8-24(26)9-10-24/h2-4,6,11,13,29-30H,7,9-10,12,26H2,1H3,(H,28,31). The Hall–Kier alpha value is -3.47. The van der Waals surface area contributed by atoms with Gasteiger partial charge in [-0.3, -0.25) is 9.78 Å². The van der Waals surface area contributed by atoms with Gasteiger partial charge in [0.25, 0.3) is 5.91 Å². The van der Waals surface area contributed by atoms with Crippen molar-refractivity contribution < 1.29 is 9.53 Å². The van der Waals surface area contributed by atoms with E-state index in [2.05, 4.69) is 32.4 Å². The summed E-state index contributed by atoms with van der Waals surface area (Å²) in [5.41, 5.74) is 10.8. The smallest absolute Gasteiger partial charge is 0.255 e. The number of aromatic nitrogens is 2. The summed E-state index contributed by atoms with van der Waals surface area (Å²) in [4.78, 5) is 20.5. The van der Waals surface area contributed by atoms with E-state index in [1.165, 1.54) is 0 Å². The highest BCUT2D eigenvalue weighted by atomic mass is 35.5. The minimum absolute atomic E-state index is 0.141. The van der Waals surface area contributed by atoms with Crippen molar-refractivity contribution in [3.8, 4) is 28.8 Å². The number of carbonyl (C=O) groups is 1. The number of aromatic amines is 1. The number of para-hydroxylation sites is 1. The summed E-state index contributed by atoms with van der Waals surface area (Å²) in [5.74, 6) is 6.72. The molecule has 0 bridgehead atoms. The van der Waals surface area contributed by atoms with Crippen LogP contribution in [0.3, 0.4) is 0 Å². The third-order valence-corrected chi connectivity index (χ3v) is 6.02. The van der Waals surface area contributed by atoms with Gasteiger partial charge >= 0.3 is 0 Å². The fourth-order valence-corrected chi connectivity index (χ4v) is 4.07. The number of nitrogens with zero attached hydrogens (tertiary/aromatic N) is 1. The summed E-state index contributed by atoms with van der Waals surface area (Å²) < 4.78 is 5.50. The van der Waals surface area contributed by atoms with Gasteiger partial charge in [0, 0.05) is 36.6 Å². The molecule has 7 nitrogen and oxygen atoms in total. The molecule has 1 aliphatic heterocycles. The number of hydrogen-bond donors (Lipinski definition) is 4. The molecular weight excluding hydrogens is 426 g/mol. The maximum Gasteiger partial charge on any atom is 0.255 e. The number of H-pyrrole nitrogens is 1. The number of nitrogens with one attached hydrogen (secondary N) is 3. The van der Waals surface area contributed by atoms with Crippen LogP contribution in [0.25, 0.3) is 11.3 Å². The lowest BCUT2D eigenvalue weighted by atomic mass is 10.0. The number of methoxy groups -OCH3 is 1. The zero-order chi connectivity index (χ0) is 22.3. The van der Waals surface area contributed by atoms with E-state index in [0.717, 1.165) is 35.4 Å². The lowest BCUT2D eigenvalue weighted by Crippen LogP contribution is -2.31. The van der Waals surface area contributed by atoms with Gasteiger partial charge in [-0.1, -0.05) is 29.5 Å². The largest absolute Gasteiger partial charge is 0.493 e. The Labute approximate surface area is 190 Å². The predicted octanol–water partition coefficient (Wildman–Crippen LogP) is 3.61. The van der Waals surface area contributed by atoms with E-state index < -0.39 is 5.54 Å². The molecule has 2 aliphatic rings. The van der Waals surface area contributed by atoms with Crippen LogP contribution < -0.4 is 21.1 Å². The van der Waals surface area contributed by atoms with Crippen LogP contribution in [0.4, 0.5) is 11.4 Å². The highest BCUT2D eigenvalue weighted by Gasteiger charge is 2.36. The summed E-state index contributed by atoms with van der Waals surface area (Å²) in [5, 5.41) is 6.78. The van der Waals surface area contributed by atoms with Crippen LogP contribution >= 0.6 is 11.6 Å². The number of ether oxygens (including phenoxy) is 1. The number of rotatable bonds is 4. The van der Waals surface area contributed by atoms with Gasteiger partial charge in [0.1, 0.15) is 0 Å². The number of nitrogens with two attached hydrogens (primary N) is 1. The number of benzene rings is 1. The number of hydrogen-bond acceptors (Lipinski definition) is 5. The van der Waals surface area contributed by atoms with E-state index in [1.54, 1.807) is 25.6 Å². The summed E-state index contributed by atoms with van der Waals surface area (Å²) >= 11 is 6.32. The quantitative estimate of drug-likeness (QED) is 0.457. The summed E-state index contributed by atoms with van der Waals surface area (Å²) in [6.07, 6.45) is 5.92. The minimum Gasteiger partial charge on any atom is -0.493 e. The third-order valence-electron chi connectivity index (χ3n) is 5.72. The molecule has 1 saturated carbocycles. The number of amides is 1. The third kappa shape index (κ3) is 3.68. The highest BCUT2D eigenvalue weighted by Crippen LogP contribution is 2.41. The van der Waals surface area contributed by atoms with Gasteiger partial charge in [-0.2, -0.15) is 0 Å². The first-order chi connectivity index (χ1) is 15.5. The maximum atomic E-state index is 12.8.